The normalized spacial score (nSPS) is 35.0. The molecule has 24 heavy (non-hydrogen) atoms. The smallest absolute Gasteiger partial charge is 0.237 e. The lowest BCUT2D eigenvalue weighted by Gasteiger charge is -2.57. The SMILES string of the molecule is C[C@H](SC12CC3CC(CC(C3)C1)C2)C(=O)Nc1c(Cl)cccc1Cl. The number of carbonyl (C=O) groups is 1. The third kappa shape index (κ3) is 3.20. The fourth-order valence-electron chi connectivity index (χ4n) is 5.45. The standard InChI is InChI=1S/C19H23Cl2NOS/c1-11(18(23)22-17-15(20)3-2-4-16(17)21)24-19-8-12-5-13(9-19)7-14(6-12)10-19/h2-4,11-14H,5-10H2,1H3,(H,22,23)/t11-,12?,13?,14?,19?/m0/s1. The molecule has 0 spiro atoms. The van der Waals surface area contributed by atoms with E-state index in [0.29, 0.717) is 20.5 Å². The molecular weight excluding hydrogens is 361 g/mol. The highest BCUT2D eigenvalue weighted by molar-refractivity contribution is 8.01. The van der Waals surface area contributed by atoms with Crippen molar-refractivity contribution in [3.63, 3.8) is 0 Å². The molecule has 1 atom stereocenters. The van der Waals surface area contributed by atoms with Crippen LogP contribution in [0.15, 0.2) is 18.2 Å². The van der Waals surface area contributed by atoms with Crippen molar-refractivity contribution >= 4 is 46.6 Å². The van der Waals surface area contributed by atoms with Gasteiger partial charge in [0.1, 0.15) is 0 Å². The van der Waals surface area contributed by atoms with Crippen LogP contribution in [-0.2, 0) is 4.79 Å². The Morgan fingerprint density at radius 1 is 1.12 bits per heavy atom. The number of hydrogen-bond donors (Lipinski definition) is 1. The lowest BCUT2D eigenvalue weighted by atomic mass is 9.56. The van der Waals surface area contributed by atoms with Crippen LogP contribution < -0.4 is 5.32 Å². The van der Waals surface area contributed by atoms with Gasteiger partial charge in [-0.05, 0) is 75.3 Å². The Hall–Kier alpha value is -0.380. The molecule has 4 aliphatic rings. The Morgan fingerprint density at radius 2 is 1.62 bits per heavy atom. The minimum Gasteiger partial charge on any atom is -0.323 e. The van der Waals surface area contributed by atoms with E-state index < -0.39 is 0 Å². The molecule has 0 unspecified atom stereocenters. The number of hydrogen-bond acceptors (Lipinski definition) is 2. The third-order valence-electron chi connectivity index (χ3n) is 5.99. The minimum atomic E-state index is -0.0893. The summed E-state index contributed by atoms with van der Waals surface area (Å²) in [6.07, 6.45) is 8.18. The fraction of sp³-hybridized carbons (Fsp3) is 0.632. The van der Waals surface area contributed by atoms with Crippen molar-refractivity contribution in [1.29, 1.82) is 0 Å². The molecule has 0 radical (unpaired) electrons. The number of benzene rings is 1. The molecule has 5 heteroatoms. The second kappa shape index (κ2) is 6.41. The molecule has 1 amide bonds. The largest absolute Gasteiger partial charge is 0.323 e. The predicted molar refractivity (Wildman–Crippen MR) is 103 cm³/mol. The van der Waals surface area contributed by atoms with E-state index in [1.54, 1.807) is 18.2 Å². The van der Waals surface area contributed by atoms with E-state index in [4.69, 9.17) is 23.2 Å². The minimum absolute atomic E-state index is 0.00532. The maximum atomic E-state index is 12.7. The fourth-order valence-corrected chi connectivity index (χ4v) is 7.85. The van der Waals surface area contributed by atoms with Crippen LogP contribution in [-0.4, -0.2) is 15.9 Å². The maximum Gasteiger partial charge on any atom is 0.237 e. The van der Waals surface area contributed by atoms with E-state index >= 15 is 0 Å². The highest BCUT2D eigenvalue weighted by Gasteiger charge is 2.52. The first-order valence-electron chi connectivity index (χ1n) is 8.87. The van der Waals surface area contributed by atoms with Crippen LogP contribution in [0.5, 0.6) is 0 Å². The zero-order valence-corrected chi connectivity index (χ0v) is 16.2. The van der Waals surface area contributed by atoms with E-state index in [1.165, 1.54) is 38.5 Å². The summed E-state index contributed by atoms with van der Waals surface area (Å²) in [6.45, 7) is 2.02. The van der Waals surface area contributed by atoms with Crippen LogP contribution in [0.1, 0.15) is 45.4 Å². The highest BCUT2D eigenvalue weighted by Crippen LogP contribution is 2.61. The van der Waals surface area contributed by atoms with Gasteiger partial charge in [0, 0.05) is 4.75 Å². The monoisotopic (exact) mass is 383 g/mol. The molecule has 5 rings (SSSR count). The van der Waals surface area contributed by atoms with Gasteiger partial charge in [-0.15, -0.1) is 11.8 Å². The number of thioether (sulfide) groups is 1. The van der Waals surface area contributed by atoms with E-state index in [2.05, 4.69) is 5.32 Å². The van der Waals surface area contributed by atoms with Gasteiger partial charge in [0.2, 0.25) is 5.91 Å². The lowest BCUT2D eigenvalue weighted by molar-refractivity contribution is -0.115. The van der Waals surface area contributed by atoms with Gasteiger partial charge >= 0.3 is 0 Å². The quantitative estimate of drug-likeness (QED) is 0.688. The van der Waals surface area contributed by atoms with Gasteiger partial charge in [-0.3, -0.25) is 4.79 Å². The van der Waals surface area contributed by atoms with E-state index in [9.17, 15) is 4.79 Å². The average molecular weight is 384 g/mol. The summed E-state index contributed by atoms with van der Waals surface area (Å²) in [6, 6.07) is 5.29. The van der Waals surface area contributed by atoms with E-state index in [0.717, 1.165) is 17.8 Å². The summed E-state index contributed by atoms with van der Waals surface area (Å²) in [5, 5.41) is 3.83. The molecule has 0 aromatic heterocycles. The second-order valence-electron chi connectivity index (χ2n) is 7.95. The topological polar surface area (TPSA) is 29.1 Å². The van der Waals surface area contributed by atoms with Gasteiger partial charge in [0.25, 0.3) is 0 Å². The zero-order valence-electron chi connectivity index (χ0n) is 13.9. The molecule has 130 valence electrons. The summed E-state index contributed by atoms with van der Waals surface area (Å²) in [5.41, 5.74) is 0.531. The predicted octanol–water partition coefficient (Wildman–Crippen LogP) is 6.02. The van der Waals surface area contributed by atoms with Crippen LogP contribution >= 0.6 is 35.0 Å². The number of halogens is 2. The first-order chi connectivity index (χ1) is 11.4. The molecule has 4 bridgehead atoms. The molecule has 1 aromatic rings. The molecule has 4 aliphatic carbocycles. The molecule has 1 N–H and O–H groups in total. The first kappa shape index (κ1) is 17.1. The number of para-hydroxylation sites is 1. The number of nitrogens with one attached hydrogen (secondary N) is 1. The third-order valence-corrected chi connectivity index (χ3v) is 8.19. The van der Waals surface area contributed by atoms with E-state index in [-0.39, 0.29) is 11.2 Å². The number of anilines is 1. The van der Waals surface area contributed by atoms with Crippen LogP contribution in [0.4, 0.5) is 5.69 Å². The van der Waals surface area contributed by atoms with Crippen molar-refractivity contribution in [2.75, 3.05) is 5.32 Å². The van der Waals surface area contributed by atoms with Crippen molar-refractivity contribution in [3.05, 3.63) is 28.2 Å². The van der Waals surface area contributed by atoms with Gasteiger partial charge in [-0.1, -0.05) is 29.3 Å². The summed E-state index contributed by atoms with van der Waals surface area (Å²) in [7, 11) is 0. The lowest BCUT2D eigenvalue weighted by Crippen LogP contribution is -2.49. The van der Waals surface area contributed by atoms with Crippen LogP contribution in [0, 0.1) is 17.8 Å². The Kier molecular flexibility index (Phi) is 4.55. The van der Waals surface area contributed by atoms with Crippen molar-refractivity contribution < 1.29 is 4.79 Å². The Bertz CT molecular complexity index is 607. The maximum absolute atomic E-state index is 12.7. The number of carbonyl (C=O) groups excluding carboxylic acids is 1. The number of rotatable bonds is 4. The molecule has 0 saturated heterocycles. The molecular formula is C19H23Cl2NOS. The first-order valence-corrected chi connectivity index (χ1v) is 10.5. The van der Waals surface area contributed by atoms with Crippen LogP contribution in [0.2, 0.25) is 10.0 Å². The molecule has 2 nitrogen and oxygen atoms in total. The van der Waals surface area contributed by atoms with Crippen molar-refractivity contribution in [1.82, 2.24) is 0 Å². The van der Waals surface area contributed by atoms with E-state index in [1.807, 2.05) is 18.7 Å². The molecule has 1 aromatic carbocycles. The van der Waals surface area contributed by atoms with Gasteiger partial charge in [-0.2, -0.15) is 0 Å². The van der Waals surface area contributed by atoms with Crippen LogP contribution in [0.3, 0.4) is 0 Å². The molecule has 4 saturated carbocycles. The molecule has 4 fully saturated rings. The summed E-state index contributed by atoms with van der Waals surface area (Å²) in [5.74, 6) is 2.71. The number of amides is 1. The van der Waals surface area contributed by atoms with Crippen LogP contribution in [0.25, 0.3) is 0 Å². The van der Waals surface area contributed by atoms with Gasteiger partial charge < -0.3 is 5.32 Å². The van der Waals surface area contributed by atoms with Gasteiger partial charge in [0.05, 0.1) is 21.0 Å². The van der Waals surface area contributed by atoms with Crippen molar-refractivity contribution in [2.45, 2.75) is 55.4 Å². The Labute approximate surface area is 158 Å². The molecule has 0 aliphatic heterocycles. The van der Waals surface area contributed by atoms with Gasteiger partial charge in [0.15, 0.2) is 0 Å². The average Bonchev–Trinajstić information content (AvgIpc) is 2.49. The Morgan fingerprint density at radius 3 is 2.12 bits per heavy atom. The second-order valence-corrected chi connectivity index (χ2v) is 10.6. The Balaban J connectivity index is 1.44. The van der Waals surface area contributed by atoms with Gasteiger partial charge in [-0.25, -0.2) is 0 Å². The highest BCUT2D eigenvalue weighted by atomic mass is 35.5. The summed E-state index contributed by atoms with van der Waals surface area (Å²) in [4.78, 5) is 12.7. The summed E-state index contributed by atoms with van der Waals surface area (Å²) < 4.78 is 0.329. The summed E-state index contributed by atoms with van der Waals surface area (Å²) >= 11 is 14.2. The van der Waals surface area contributed by atoms with Crippen molar-refractivity contribution in [3.8, 4) is 0 Å². The van der Waals surface area contributed by atoms with Crippen molar-refractivity contribution in [2.24, 2.45) is 17.8 Å². The zero-order chi connectivity index (χ0) is 16.9. The molecule has 0 heterocycles.